The number of ether oxygens (including phenoxy) is 1. The standard InChI is InChI=1S/C19H25N7O3/c1-28-14-6-7-16-15(11-14)21-19(29-16)26-9-3-4-13(12-26)10-18(27)20-8-2-5-17-22-24-25-23-17/h6-7,11,13H,2-5,8-10,12H2,1H3,(H,20,27)(H,22,23,24,25). The molecule has 10 heteroatoms. The van der Waals surface area contributed by atoms with Gasteiger partial charge in [-0.05, 0) is 37.3 Å². The second-order valence-electron chi connectivity index (χ2n) is 7.27. The van der Waals surface area contributed by atoms with E-state index in [1.54, 1.807) is 7.11 Å². The summed E-state index contributed by atoms with van der Waals surface area (Å²) in [5.41, 5.74) is 1.52. The van der Waals surface area contributed by atoms with Crippen LogP contribution in [0.15, 0.2) is 22.6 Å². The first kappa shape index (κ1) is 19.2. The highest BCUT2D eigenvalue weighted by atomic mass is 16.5. The molecule has 10 nitrogen and oxygen atoms in total. The third-order valence-corrected chi connectivity index (χ3v) is 5.14. The molecule has 2 N–H and O–H groups in total. The van der Waals surface area contributed by atoms with Gasteiger partial charge in [-0.1, -0.05) is 5.21 Å². The second-order valence-corrected chi connectivity index (χ2v) is 7.27. The van der Waals surface area contributed by atoms with Crippen LogP contribution in [0.4, 0.5) is 6.01 Å². The molecule has 3 aromatic rings. The smallest absolute Gasteiger partial charge is 0.298 e. The van der Waals surface area contributed by atoms with Crippen LogP contribution in [0.3, 0.4) is 0 Å². The molecule has 0 bridgehead atoms. The number of fused-ring (bicyclic) bond motifs is 1. The van der Waals surface area contributed by atoms with Crippen LogP contribution in [0, 0.1) is 5.92 Å². The Kier molecular flexibility index (Phi) is 5.87. The van der Waals surface area contributed by atoms with Crippen molar-refractivity contribution in [2.45, 2.75) is 32.1 Å². The van der Waals surface area contributed by atoms with E-state index in [2.05, 4.69) is 35.8 Å². The zero-order chi connectivity index (χ0) is 20.1. The van der Waals surface area contributed by atoms with Crippen molar-refractivity contribution in [2.75, 3.05) is 31.6 Å². The molecular weight excluding hydrogens is 374 g/mol. The van der Waals surface area contributed by atoms with Crippen molar-refractivity contribution in [1.82, 2.24) is 30.9 Å². The van der Waals surface area contributed by atoms with Crippen molar-refractivity contribution in [1.29, 1.82) is 0 Å². The first-order valence-corrected chi connectivity index (χ1v) is 9.90. The van der Waals surface area contributed by atoms with Gasteiger partial charge in [-0.2, -0.15) is 10.2 Å². The van der Waals surface area contributed by atoms with Gasteiger partial charge >= 0.3 is 0 Å². The number of rotatable bonds is 8. The van der Waals surface area contributed by atoms with Gasteiger partial charge in [0.15, 0.2) is 11.4 Å². The lowest BCUT2D eigenvalue weighted by molar-refractivity contribution is -0.122. The molecule has 0 saturated carbocycles. The van der Waals surface area contributed by atoms with Crippen LogP contribution in [0.2, 0.25) is 0 Å². The Morgan fingerprint density at radius 2 is 2.38 bits per heavy atom. The summed E-state index contributed by atoms with van der Waals surface area (Å²) in [5, 5.41) is 16.7. The van der Waals surface area contributed by atoms with Gasteiger partial charge in [0.1, 0.15) is 11.3 Å². The van der Waals surface area contributed by atoms with E-state index in [1.807, 2.05) is 18.2 Å². The van der Waals surface area contributed by atoms with Crippen molar-refractivity contribution in [3.8, 4) is 5.75 Å². The van der Waals surface area contributed by atoms with E-state index in [1.165, 1.54) is 0 Å². The SMILES string of the molecule is COc1ccc2oc(N3CCCC(CC(=O)NCCCc4nn[nH]n4)C3)nc2c1. The zero-order valence-electron chi connectivity index (χ0n) is 16.4. The number of nitrogens with zero attached hydrogens (tertiary/aromatic N) is 5. The molecule has 4 rings (SSSR count). The van der Waals surface area contributed by atoms with E-state index < -0.39 is 0 Å². The summed E-state index contributed by atoms with van der Waals surface area (Å²) in [6.07, 6.45) is 4.02. The number of methoxy groups -OCH3 is 1. The number of aromatic amines is 1. The Morgan fingerprint density at radius 1 is 1.45 bits per heavy atom. The predicted molar refractivity (Wildman–Crippen MR) is 106 cm³/mol. The molecule has 1 aliphatic rings. The monoisotopic (exact) mass is 399 g/mol. The first-order chi connectivity index (χ1) is 14.2. The minimum atomic E-state index is 0.0762. The molecule has 0 spiro atoms. The predicted octanol–water partition coefficient (Wildman–Crippen LogP) is 1.70. The summed E-state index contributed by atoms with van der Waals surface area (Å²) < 4.78 is 11.2. The number of carbonyl (C=O) groups is 1. The number of amides is 1. The fraction of sp³-hybridized carbons (Fsp3) is 0.526. The molecule has 0 aliphatic carbocycles. The van der Waals surface area contributed by atoms with Crippen LogP contribution < -0.4 is 15.0 Å². The molecule has 1 unspecified atom stereocenters. The summed E-state index contributed by atoms with van der Waals surface area (Å²) in [6.45, 7) is 2.25. The number of tetrazole rings is 1. The quantitative estimate of drug-likeness (QED) is 0.549. The first-order valence-electron chi connectivity index (χ1n) is 9.90. The molecule has 1 atom stereocenters. The van der Waals surface area contributed by atoms with Gasteiger partial charge in [-0.3, -0.25) is 4.79 Å². The molecule has 1 aromatic carbocycles. The zero-order valence-corrected chi connectivity index (χ0v) is 16.4. The highest BCUT2D eigenvalue weighted by Crippen LogP contribution is 2.29. The summed E-state index contributed by atoms with van der Waals surface area (Å²) in [6, 6.07) is 6.21. The van der Waals surface area contributed by atoms with Gasteiger partial charge in [0.2, 0.25) is 5.91 Å². The molecule has 1 fully saturated rings. The third-order valence-electron chi connectivity index (χ3n) is 5.14. The topological polar surface area (TPSA) is 122 Å². The molecule has 154 valence electrons. The van der Waals surface area contributed by atoms with Gasteiger partial charge in [0, 0.05) is 38.5 Å². The molecular formula is C19H25N7O3. The van der Waals surface area contributed by atoms with Crippen LogP contribution in [0.5, 0.6) is 5.75 Å². The molecule has 1 amide bonds. The minimum Gasteiger partial charge on any atom is -0.497 e. The molecule has 29 heavy (non-hydrogen) atoms. The average molecular weight is 399 g/mol. The number of nitrogens with one attached hydrogen (secondary N) is 2. The highest BCUT2D eigenvalue weighted by Gasteiger charge is 2.25. The lowest BCUT2D eigenvalue weighted by atomic mass is 9.94. The van der Waals surface area contributed by atoms with E-state index in [4.69, 9.17) is 9.15 Å². The van der Waals surface area contributed by atoms with Gasteiger partial charge < -0.3 is 19.4 Å². The van der Waals surface area contributed by atoms with Crippen LogP contribution >= 0.6 is 0 Å². The Balaban J connectivity index is 1.27. The third kappa shape index (κ3) is 4.82. The highest BCUT2D eigenvalue weighted by molar-refractivity contribution is 5.77. The number of oxazole rings is 1. The van der Waals surface area contributed by atoms with Crippen LogP contribution in [-0.2, 0) is 11.2 Å². The van der Waals surface area contributed by atoms with Crippen LogP contribution in [0.25, 0.3) is 11.1 Å². The van der Waals surface area contributed by atoms with Crippen molar-refractivity contribution in [3.05, 3.63) is 24.0 Å². The van der Waals surface area contributed by atoms with Crippen molar-refractivity contribution < 1.29 is 13.9 Å². The summed E-state index contributed by atoms with van der Waals surface area (Å²) in [5.74, 6) is 1.78. The number of hydrogen-bond acceptors (Lipinski definition) is 8. The number of piperidine rings is 1. The lowest BCUT2D eigenvalue weighted by Gasteiger charge is -2.31. The maximum Gasteiger partial charge on any atom is 0.298 e. The Morgan fingerprint density at radius 3 is 3.21 bits per heavy atom. The maximum absolute atomic E-state index is 12.3. The number of H-pyrrole nitrogens is 1. The Bertz CT molecular complexity index is 941. The Labute approximate surface area is 168 Å². The lowest BCUT2D eigenvalue weighted by Crippen LogP contribution is -2.38. The van der Waals surface area contributed by atoms with Gasteiger partial charge in [-0.15, -0.1) is 10.2 Å². The molecule has 1 aliphatic heterocycles. The second kappa shape index (κ2) is 8.89. The van der Waals surface area contributed by atoms with Crippen molar-refractivity contribution in [3.63, 3.8) is 0 Å². The fourth-order valence-corrected chi connectivity index (χ4v) is 3.66. The largest absolute Gasteiger partial charge is 0.497 e. The van der Waals surface area contributed by atoms with Crippen LogP contribution in [-0.4, -0.2) is 58.3 Å². The molecule has 3 heterocycles. The summed E-state index contributed by atoms with van der Waals surface area (Å²) in [4.78, 5) is 19.0. The molecule has 2 aromatic heterocycles. The summed E-state index contributed by atoms with van der Waals surface area (Å²) in [7, 11) is 1.63. The number of anilines is 1. The van der Waals surface area contributed by atoms with E-state index in [-0.39, 0.29) is 11.8 Å². The molecule has 1 saturated heterocycles. The van der Waals surface area contributed by atoms with Gasteiger partial charge in [0.25, 0.3) is 6.01 Å². The number of aromatic nitrogens is 5. The summed E-state index contributed by atoms with van der Waals surface area (Å²) >= 11 is 0. The van der Waals surface area contributed by atoms with E-state index in [0.717, 1.165) is 49.2 Å². The van der Waals surface area contributed by atoms with E-state index in [9.17, 15) is 4.79 Å². The van der Waals surface area contributed by atoms with Crippen molar-refractivity contribution >= 4 is 23.0 Å². The van der Waals surface area contributed by atoms with Crippen molar-refractivity contribution in [2.24, 2.45) is 5.92 Å². The number of hydrogen-bond donors (Lipinski definition) is 2. The van der Waals surface area contributed by atoms with E-state index >= 15 is 0 Å². The minimum absolute atomic E-state index is 0.0762. The van der Waals surface area contributed by atoms with Gasteiger partial charge in [0.05, 0.1) is 7.11 Å². The number of carbonyl (C=O) groups excluding carboxylic acids is 1. The molecule has 0 radical (unpaired) electrons. The van der Waals surface area contributed by atoms with E-state index in [0.29, 0.717) is 31.2 Å². The number of benzene rings is 1. The maximum atomic E-state index is 12.3. The van der Waals surface area contributed by atoms with Crippen LogP contribution in [0.1, 0.15) is 31.5 Å². The Hall–Kier alpha value is -3.17. The van der Waals surface area contributed by atoms with Gasteiger partial charge in [-0.25, -0.2) is 0 Å². The average Bonchev–Trinajstić information content (AvgIpc) is 3.40. The fourth-order valence-electron chi connectivity index (χ4n) is 3.66. The number of aryl methyl sites for hydroxylation is 1. The normalized spacial score (nSPS) is 16.9.